The Morgan fingerprint density at radius 3 is 2.72 bits per heavy atom. The summed E-state index contributed by atoms with van der Waals surface area (Å²) in [5.74, 6) is 0.464. The minimum atomic E-state index is -0.201. The first kappa shape index (κ1) is 19.4. The zero-order chi connectivity index (χ0) is 20.2. The van der Waals surface area contributed by atoms with Crippen LogP contribution >= 0.6 is 11.3 Å². The second-order valence-electron chi connectivity index (χ2n) is 7.19. The number of benzene rings is 1. The van der Waals surface area contributed by atoms with Crippen molar-refractivity contribution in [1.82, 2.24) is 15.0 Å². The normalized spacial score (nSPS) is 14.8. The summed E-state index contributed by atoms with van der Waals surface area (Å²) in [6.07, 6.45) is 7.31. The Labute approximate surface area is 172 Å². The first-order chi connectivity index (χ1) is 14.1. The van der Waals surface area contributed by atoms with Crippen LogP contribution in [0, 0.1) is 18.7 Å². The maximum Gasteiger partial charge on any atom is 0.229 e. The van der Waals surface area contributed by atoms with Crippen molar-refractivity contribution < 1.29 is 9.18 Å². The molecule has 1 aromatic carbocycles. The molecule has 150 valence electrons. The van der Waals surface area contributed by atoms with Crippen LogP contribution in [0.25, 0.3) is 0 Å². The Hall–Kier alpha value is -2.87. The third-order valence-electron chi connectivity index (χ3n) is 5.10. The van der Waals surface area contributed by atoms with Gasteiger partial charge in [-0.2, -0.15) is 0 Å². The predicted molar refractivity (Wildman–Crippen MR) is 112 cm³/mol. The average Bonchev–Trinajstić information content (AvgIpc) is 3.18. The molecule has 29 heavy (non-hydrogen) atoms. The number of hydrogen-bond donors (Lipinski definition) is 1. The largest absolute Gasteiger partial charge is 0.341 e. The number of carbonyl (C=O) groups excluding carboxylic acids is 1. The van der Waals surface area contributed by atoms with Gasteiger partial charge in [-0.05, 0) is 43.0 Å². The molecular weight excluding hydrogens is 389 g/mol. The number of halogens is 1. The second kappa shape index (κ2) is 8.65. The van der Waals surface area contributed by atoms with Gasteiger partial charge in [-0.15, -0.1) is 11.3 Å². The minimum absolute atomic E-state index is 0.000843. The summed E-state index contributed by atoms with van der Waals surface area (Å²) in [7, 11) is 0. The number of aromatic nitrogens is 3. The summed E-state index contributed by atoms with van der Waals surface area (Å²) in [6, 6.07) is 7.04. The molecule has 3 heterocycles. The number of hydrogen-bond acceptors (Lipinski definition) is 6. The van der Waals surface area contributed by atoms with E-state index in [1.807, 2.05) is 6.07 Å². The van der Waals surface area contributed by atoms with E-state index in [1.54, 1.807) is 43.7 Å². The van der Waals surface area contributed by atoms with Gasteiger partial charge in [0, 0.05) is 48.9 Å². The fourth-order valence-corrected chi connectivity index (χ4v) is 4.25. The van der Waals surface area contributed by atoms with Crippen LogP contribution in [0.4, 0.5) is 15.5 Å². The number of carbonyl (C=O) groups is 1. The standard InChI is InChI=1S/C21H22FN5OS/c1-14-3-4-15(12-18(14)22)11-17-13-25-21(29-17)26-19(28)16-5-9-27(10-6-16)20-23-7-2-8-24-20/h2-4,7-8,12-13,16H,5-6,9-11H2,1H3,(H,25,26,28). The Bertz CT molecular complexity index is 986. The molecule has 8 heteroatoms. The van der Waals surface area contributed by atoms with Crippen LogP contribution in [0.2, 0.25) is 0 Å². The molecule has 0 radical (unpaired) electrons. The van der Waals surface area contributed by atoms with Crippen molar-refractivity contribution in [2.45, 2.75) is 26.2 Å². The third kappa shape index (κ3) is 4.76. The maximum atomic E-state index is 13.7. The van der Waals surface area contributed by atoms with E-state index in [0.717, 1.165) is 36.4 Å². The summed E-state index contributed by atoms with van der Waals surface area (Å²) in [4.78, 5) is 28.6. The van der Waals surface area contributed by atoms with Crippen LogP contribution in [0.15, 0.2) is 42.9 Å². The lowest BCUT2D eigenvalue weighted by molar-refractivity contribution is -0.120. The molecule has 0 bridgehead atoms. The molecule has 0 unspecified atom stereocenters. The van der Waals surface area contributed by atoms with E-state index in [9.17, 15) is 9.18 Å². The molecule has 1 N–H and O–H groups in total. The highest BCUT2D eigenvalue weighted by Gasteiger charge is 2.26. The van der Waals surface area contributed by atoms with E-state index in [4.69, 9.17) is 0 Å². The van der Waals surface area contributed by atoms with Gasteiger partial charge < -0.3 is 10.2 Å². The van der Waals surface area contributed by atoms with Gasteiger partial charge in [0.25, 0.3) is 0 Å². The Morgan fingerprint density at radius 1 is 1.24 bits per heavy atom. The highest BCUT2D eigenvalue weighted by molar-refractivity contribution is 7.15. The summed E-state index contributed by atoms with van der Waals surface area (Å²) in [5.41, 5.74) is 1.53. The van der Waals surface area contributed by atoms with Crippen LogP contribution in [-0.2, 0) is 11.2 Å². The van der Waals surface area contributed by atoms with E-state index < -0.39 is 0 Å². The molecule has 0 spiro atoms. The number of piperidine rings is 1. The molecule has 3 aromatic rings. The molecule has 0 saturated carbocycles. The van der Waals surface area contributed by atoms with Crippen molar-refractivity contribution >= 4 is 28.3 Å². The number of amides is 1. The second-order valence-corrected chi connectivity index (χ2v) is 8.31. The topological polar surface area (TPSA) is 71.0 Å². The van der Waals surface area contributed by atoms with Crippen molar-refractivity contribution in [3.63, 3.8) is 0 Å². The summed E-state index contributed by atoms with van der Waals surface area (Å²) in [5, 5.41) is 3.53. The Morgan fingerprint density at radius 2 is 2.00 bits per heavy atom. The molecule has 4 rings (SSSR count). The van der Waals surface area contributed by atoms with Crippen LogP contribution in [-0.4, -0.2) is 33.9 Å². The van der Waals surface area contributed by atoms with Crippen LogP contribution in [0.3, 0.4) is 0 Å². The van der Waals surface area contributed by atoms with Crippen molar-refractivity contribution in [2.75, 3.05) is 23.3 Å². The fraction of sp³-hybridized carbons (Fsp3) is 0.333. The lowest BCUT2D eigenvalue weighted by Crippen LogP contribution is -2.38. The molecule has 2 aromatic heterocycles. The smallest absolute Gasteiger partial charge is 0.229 e. The zero-order valence-electron chi connectivity index (χ0n) is 16.1. The number of anilines is 2. The van der Waals surface area contributed by atoms with Gasteiger partial charge in [-0.3, -0.25) is 4.79 Å². The lowest BCUT2D eigenvalue weighted by atomic mass is 9.96. The van der Waals surface area contributed by atoms with E-state index >= 15 is 0 Å². The maximum absolute atomic E-state index is 13.7. The van der Waals surface area contributed by atoms with Crippen molar-refractivity contribution in [2.24, 2.45) is 5.92 Å². The van der Waals surface area contributed by atoms with E-state index in [-0.39, 0.29) is 17.6 Å². The summed E-state index contributed by atoms with van der Waals surface area (Å²) < 4.78 is 13.7. The number of rotatable bonds is 5. The molecule has 1 aliphatic rings. The average molecular weight is 412 g/mol. The van der Waals surface area contributed by atoms with Crippen LogP contribution in [0.1, 0.15) is 28.8 Å². The predicted octanol–water partition coefficient (Wildman–Crippen LogP) is 3.83. The Kier molecular flexibility index (Phi) is 5.80. The SMILES string of the molecule is Cc1ccc(Cc2cnc(NC(=O)C3CCN(c4ncccn4)CC3)s2)cc1F. The van der Waals surface area contributed by atoms with Gasteiger partial charge in [-0.1, -0.05) is 12.1 Å². The number of nitrogens with zero attached hydrogens (tertiary/aromatic N) is 4. The zero-order valence-corrected chi connectivity index (χ0v) is 17.0. The van der Waals surface area contributed by atoms with Gasteiger partial charge in [0.2, 0.25) is 11.9 Å². The number of thiazole rings is 1. The molecular formula is C21H22FN5OS. The first-order valence-corrected chi connectivity index (χ1v) is 10.4. The molecule has 1 amide bonds. The van der Waals surface area contributed by atoms with Crippen LogP contribution < -0.4 is 10.2 Å². The van der Waals surface area contributed by atoms with Gasteiger partial charge in [0.15, 0.2) is 5.13 Å². The van der Waals surface area contributed by atoms with Crippen molar-refractivity contribution in [3.05, 3.63) is 64.7 Å². The van der Waals surface area contributed by atoms with Crippen molar-refractivity contribution in [3.8, 4) is 0 Å². The van der Waals surface area contributed by atoms with Gasteiger partial charge in [0.1, 0.15) is 5.82 Å². The van der Waals surface area contributed by atoms with E-state index in [2.05, 4.69) is 25.2 Å². The molecule has 0 aliphatic carbocycles. The van der Waals surface area contributed by atoms with Crippen LogP contribution in [0.5, 0.6) is 0 Å². The molecule has 0 atom stereocenters. The number of aryl methyl sites for hydroxylation is 1. The molecule has 6 nitrogen and oxygen atoms in total. The fourth-order valence-electron chi connectivity index (χ4n) is 3.40. The third-order valence-corrected chi connectivity index (χ3v) is 6.01. The first-order valence-electron chi connectivity index (χ1n) is 9.61. The summed E-state index contributed by atoms with van der Waals surface area (Å²) in [6.45, 7) is 3.26. The monoisotopic (exact) mass is 411 g/mol. The Balaban J connectivity index is 1.31. The quantitative estimate of drug-likeness (QED) is 0.691. The van der Waals surface area contributed by atoms with Gasteiger partial charge >= 0.3 is 0 Å². The molecule has 1 aliphatic heterocycles. The van der Waals surface area contributed by atoms with Gasteiger partial charge in [0.05, 0.1) is 0 Å². The minimum Gasteiger partial charge on any atom is -0.341 e. The molecule has 1 fully saturated rings. The highest BCUT2D eigenvalue weighted by atomic mass is 32.1. The lowest BCUT2D eigenvalue weighted by Gasteiger charge is -2.30. The van der Waals surface area contributed by atoms with Gasteiger partial charge in [-0.25, -0.2) is 19.3 Å². The van der Waals surface area contributed by atoms with E-state index in [1.165, 1.54) is 11.3 Å². The van der Waals surface area contributed by atoms with E-state index in [0.29, 0.717) is 23.1 Å². The number of nitrogens with one attached hydrogen (secondary N) is 1. The molecule has 1 saturated heterocycles. The highest BCUT2D eigenvalue weighted by Crippen LogP contribution is 2.25. The summed E-state index contributed by atoms with van der Waals surface area (Å²) >= 11 is 1.43. The van der Waals surface area contributed by atoms with Crippen molar-refractivity contribution in [1.29, 1.82) is 0 Å².